The van der Waals surface area contributed by atoms with Crippen LogP contribution in [0.2, 0.25) is 0 Å². The van der Waals surface area contributed by atoms with Crippen molar-refractivity contribution in [2.45, 2.75) is 32.7 Å². The first-order valence-corrected chi connectivity index (χ1v) is 6.58. The molecule has 1 unspecified atom stereocenters. The van der Waals surface area contributed by atoms with Gasteiger partial charge in [-0.05, 0) is 31.8 Å². The van der Waals surface area contributed by atoms with Gasteiger partial charge in [0, 0.05) is 13.1 Å². The first kappa shape index (κ1) is 14.8. The quantitative estimate of drug-likeness (QED) is 0.591. The van der Waals surface area contributed by atoms with Crippen molar-refractivity contribution in [3.05, 3.63) is 0 Å². The molecule has 0 bridgehead atoms. The van der Waals surface area contributed by atoms with Gasteiger partial charge in [0.25, 0.3) is 0 Å². The second-order valence-electron chi connectivity index (χ2n) is 4.58. The molecule has 0 aromatic rings. The highest BCUT2D eigenvalue weighted by Gasteiger charge is 2.37. The monoisotopic (exact) mass is 257 g/mol. The summed E-state index contributed by atoms with van der Waals surface area (Å²) in [5, 5.41) is 14.2. The molecule has 0 aromatic heterocycles. The van der Waals surface area contributed by atoms with Crippen LogP contribution in [0.3, 0.4) is 0 Å². The molecule has 1 atom stereocenters. The molecular formula is C12H23N3O3. The predicted octanol–water partition coefficient (Wildman–Crippen LogP) is 0.491. The zero-order valence-electron chi connectivity index (χ0n) is 11.1. The van der Waals surface area contributed by atoms with E-state index in [-0.39, 0.29) is 11.9 Å². The lowest BCUT2D eigenvalue weighted by atomic mass is 10.2. The Bertz CT molecular complexity index is 288. The van der Waals surface area contributed by atoms with E-state index in [1.54, 1.807) is 0 Å². The molecule has 0 aliphatic heterocycles. The van der Waals surface area contributed by atoms with Gasteiger partial charge < -0.3 is 20.6 Å². The van der Waals surface area contributed by atoms with Crippen LogP contribution < -0.4 is 10.6 Å². The summed E-state index contributed by atoms with van der Waals surface area (Å²) in [5.74, 6) is -0.840. The Morgan fingerprint density at radius 2 is 1.94 bits per heavy atom. The highest BCUT2D eigenvalue weighted by atomic mass is 16.4. The maximum atomic E-state index is 11.5. The van der Waals surface area contributed by atoms with Gasteiger partial charge in [0.1, 0.15) is 6.04 Å². The zero-order valence-corrected chi connectivity index (χ0v) is 11.1. The SMILES string of the molecule is CCN(CC)CCNC(=O)NC(C(=O)O)C1CC1. The highest BCUT2D eigenvalue weighted by molar-refractivity contribution is 5.83. The second kappa shape index (κ2) is 7.20. The lowest BCUT2D eigenvalue weighted by Crippen LogP contribution is -2.48. The average Bonchev–Trinajstić information content (AvgIpc) is 3.15. The summed E-state index contributed by atoms with van der Waals surface area (Å²) in [6, 6.07) is -1.13. The third kappa shape index (κ3) is 4.91. The number of hydrogen-bond acceptors (Lipinski definition) is 3. The van der Waals surface area contributed by atoms with Crippen LogP contribution in [0.1, 0.15) is 26.7 Å². The standard InChI is InChI=1S/C12H23N3O3/c1-3-15(4-2)8-7-13-12(18)14-10(11(16)17)9-5-6-9/h9-10H,3-8H2,1-2H3,(H,16,17)(H2,13,14,18). The number of aliphatic carboxylic acids is 1. The van der Waals surface area contributed by atoms with Gasteiger partial charge in [0.05, 0.1) is 0 Å². The number of nitrogens with zero attached hydrogens (tertiary/aromatic N) is 1. The Morgan fingerprint density at radius 1 is 1.33 bits per heavy atom. The minimum Gasteiger partial charge on any atom is -0.480 e. The molecular weight excluding hydrogens is 234 g/mol. The molecule has 104 valence electrons. The Kier molecular flexibility index (Phi) is 5.91. The number of hydrogen-bond donors (Lipinski definition) is 3. The third-order valence-electron chi connectivity index (χ3n) is 3.25. The summed E-state index contributed by atoms with van der Waals surface area (Å²) in [7, 11) is 0. The van der Waals surface area contributed by atoms with Crippen LogP contribution in [-0.4, -0.2) is 54.2 Å². The van der Waals surface area contributed by atoms with Crippen LogP contribution in [0.4, 0.5) is 4.79 Å². The van der Waals surface area contributed by atoms with Crippen molar-refractivity contribution in [2.24, 2.45) is 5.92 Å². The second-order valence-corrected chi connectivity index (χ2v) is 4.58. The van der Waals surface area contributed by atoms with Crippen molar-refractivity contribution < 1.29 is 14.7 Å². The molecule has 2 amide bonds. The third-order valence-corrected chi connectivity index (χ3v) is 3.25. The largest absolute Gasteiger partial charge is 0.480 e. The number of urea groups is 1. The van der Waals surface area contributed by atoms with E-state index in [1.165, 1.54) is 0 Å². The fourth-order valence-electron chi connectivity index (χ4n) is 1.87. The smallest absolute Gasteiger partial charge is 0.326 e. The number of rotatable bonds is 8. The van der Waals surface area contributed by atoms with Gasteiger partial charge in [0.15, 0.2) is 0 Å². The molecule has 0 radical (unpaired) electrons. The van der Waals surface area contributed by atoms with Crippen molar-refractivity contribution in [3.63, 3.8) is 0 Å². The van der Waals surface area contributed by atoms with Crippen LogP contribution in [0, 0.1) is 5.92 Å². The van der Waals surface area contributed by atoms with E-state index in [0.717, 1.165) is 32.5 Å². The molecule has 1 rings (SSSR count). The maximum Gasteiger partial charge on any atom is 0.326 e. The Labute approximate surface area is 108 Å². The minimum atomic E-state index is -0.948. The van der Waals surface area contributed by atoms with E-state index < -0.39 is 12.0 Å². The average molecular weight is 257 g/mol. The lowest BCUT2D eigenvalue weighted by Gasteiger charge is -2.19. The van der Waals surface area contributed by atoms with E-state index in [4.69, 9.17) is 5.11 Å². The molecule has 0 aromatic carbocycles. The number of carbonyl (C=O) groups is 2. The van der Waals surface area contributed by atoms with E-state index >= 15 is 0 Å². The van der Waals surface area contributed by atoms with Crippen molar-refractivity contribution in [1.82, 2.24) is 15.5 Å². The van der Waals surface area contributed by atoms with Gasteiger partial charge in [-0.25, -0.2) is 9.59 Å². The first-order chi connectivity index (χ1) is 8.58. The van der Waals surface area contributed by atoms with Gasteiger partial charge in [-0.15, -0.1) is 0 Å². The minimum absolute atomic E-state index is 0.107. The number of nitrogens with one attached hydrogen (secondary N) is 2. The van der Waals surface area contributed by atoms with Crippen LogP contribution in [0.25, 0.3) is 0 Å². The molecule has 0 spiro atoms. The fraction of sp³-hybridized carbons (Fsp3) is 0.833. The topological polar surface area (TPSA) is 81.7 Å². The maximum absolute atomic E-state index is 11.5. The Balaban J connectivity index is 2.21. The van der Waals surface area contributed by atoms with Crippen molar-refractivity contribution >= 4 is 12.0 Å². The van der Waals surface area contributed by atoms with E-state index in [0.29, 0.717) is 6.54 Å². The molecule has 3 N–H and O–H groups in total. The van der Waals surface area contributed by atoms with Crippen molar-refractivity contribution in [3.8, 4) is 0 Å². The molecule has 0 heterocycles. The number of carbonyl (C=O) groups excluding carboxylic acids is 1. The normalized spacial score (nSPS) is 16.4. The number of amides is 2. The van der Waals surface area contributed by atoms with Crippen molar-refractivity contribution in [1.29, 1.82) is 0 Å². The van der Waals surface area contributed by atoms with Gasteiger partial charge in [-0.3, -0.25) is 0 Å². The van der Waals surface area contributed by atoms with E-state index in [9.17, 15) is 9.59 Å². The number of carboxylic acid groups (broad SMARTS) is 1. The summed E-state index contributed by atoms with van der Waals surface area (Å²) < 4.78 is 0. The van der Waals surface area contributed by atoms with Crippen molar-refractivity contribution in [2.75, 3.05) is 26.2 Å². The molecule has 1 fully saturated rings. The van der Waals surface area contributed by atoms with Gasteiger partial charge in [-0.2, -0.15) is 0 Å². The molecule has 18 heavy (non-hydrogen) atoms. The molecule has 1 aliphatic carbocycles. The molecule has 1 saturated carbocycles. The molecule has 0 saturated heterocycles. The summed E-state index contributed by atoms with van der Waals surface area (Å²) in [4.78, 5) is 24.7. The summed E-state index contributed by atoms with van der Waals surface area (Å²) in [6.45, 7) is 7.33. The number of likely N-dealkylation sites (N-methyl/N-ethyl adjacent to an activating group) is 1. The Hall–Kier alpha value is -1.30. The van der Waals surface area contributed by atoms with Crippen LogP contribution in [0.5, 0.6) is 0 Å². The summed E-state index contributed by atoms with van der Waals surface area (Å²) >= 11 is 0. The fourth-order valence-corrected chi connectivity index (χ4v) is 1.87. The first-order valence-electron chi connectivity index (χ1n) is 6.58. The van der Waals surface area contributed by atoms with Gasteiger partial charge in [0.2, 0.25) is 0 Å². The lowest BCUT2D eigenvalue weighted by molar-refractivity contribution is -0.139. The van der Waals surface area contributed by atoms with Gasteiger partial charge >= 0.3 is 12.0 Å². The number of carboxylic acids is 1. The molecule has 6 heteroatoms. The molecule has 1 aliphatic rings. The van der Waals surface area contributed by atoms with Crippen LogP contribution >= 0.6 is 0 Å². The highest BCUT2D eigenvalue weighted by Crippen LogP contribution is 2.32. The molecule has 6 nitrogen and oxygen atoms in total. The van der Waals surface area contributed by atoms with E-state index in [2.05, 4.69) is 29.4 Å². The van der Waals surface area contributed by atoms with E-state index in [1.807, 2.05) is 0 Å². The van der Waals surface area contributed by atoms with Gasteiger partial charge in [-0.1, -0.05) is 13.8 Å². The predicted molar refractivity (Wildman–Crippen MR) is 68.5 cm³/mol. The Morgan fingerprint density at radius 3 is 2.39 bits per heavy atom. The van der Waals surface area contributed by atoms with Crippen LogP contribution in [-0.2, 0) is 4.79 Å². The zero-order chi connectivity index (χ0) is 13.5. The summed E-state index contributed by atoms with van der Waals surface area (Å²) in [6.07, 6.45) is 1.77. The van der Waals surface area contributed by atoms with Crippen LogP contribution in [0.15, 0.2) is 0 Å². The summed E-state index contributed by atoms with van der Waals surface area (Å²) in [5.41, 5.74) is 0.